The van der Waals surface area contributed by atoms with E-state index in [1.807, 2.05) is 0 Å². The van der Waals surface area contributed by atoms with Crippen molar-refractivity contribution in [3.63, 3.8) is 0 Å². The van der Waals surface area contributed by atoms with Gasteiger partial charge >= 0.3 is 16.9 Å². The third-order valence-corrected chi connectivity index (χ3v) is 5.76. The first kappa shape index (κ1) is 24.2. The Morgan fingerprint density at radius 2 is 1.57 bits per heavy atom. The Balaban J connectivity index is 2.02. The summed E-state index contributed by atoms with van der Waals surface area (Å²) >= 11 is 0. The van der Waals surface area contributed by atoms with E-state index in [0.717, 1.165) is 22.9 Å². The number of nitrogens with zero attached hydrogens (tertiary/aromatic N) is 1. The van der Waals surface area contributed by atoms with Crippen molar-refractivity contribution in [2.24, 2.45) is 0 Å². The van der Waals surface area contributed by atoms with E-state index in [2.05, 4.69) is 4.98 Å². The summed E-state index contributed by atoms with van der Waals surface area (Å²) in [6.07, 6.45) is -2.33. The van der Waals surface area contributed by atoms with Crippen molar-refractivity contribution in [3.8, 4) is 11.5 Å². The second-order valence-electron chi connectivity index (χ2n) is 8.19. The van der Waals surface area contributed by atoms with Gasteiger partial charge in [0.25, 0.3) is 5.56 Å². The van der Waals surface area contributed by atoms with Gasteiger partial charge in [0.1, 0.15) is 35.4 Å². The maximum Gasteiger partial charge on any atom is 0.343 e. The molecule has 3 aromatic heterocycles. The van der Waals surface area contributed by atoms with E-state index in [-0.39, 0.29) is 17.9 Å². The van der Waals surface area contributed by atoms with Gasteiger partial charge in [-0.15, -0.1) is 0 Å². The van der Waals surface area contributed by atoms with Crippen LogP contribution in [0.5, 0.6) is 11.5 Å². The number of aromatic nitrogens is 2. The largest absolute Gasteiger partial charge is 0.507 e. The highest BCUT2D eigenvalue weighted by molar-refractivity contribution is 5.49. The van der Waals surface area contributed by atoms with Crippen LogP contribution in [0.2, 0.25) is 0 Å². The molecule has 3 atom stereocenters. The monoisotopic (exact) mass is 490 g/mol. The van der Waals surface area contributed by atoms with Crippen LogP contribution in [0.1, 0.15) is 46.8 Å². The molecule has 0 unspecified atom stereocenters. The van der Waals surface area contributed by atoms with Crippen molar-refractivity contribution in [2.45, 2.75) is 44.6 Å². The summed E-state index contributed by atoms with van der Waals surface area (Å²) in [4.78, 5) is 53.1. The average molecular weight is 490 g/mol. The summed E-state index contributed by atoms with van der Waals surface area (Å²) in [5, 5.41) is 40.6. The van der Waals surface area contributed by atoms with Crippen molar-refractivity contribution >= 4 is 0 Å². The number of hydrogen-bond acceptors (Lipinski definition) is 11. The quantitative estimate of drug-likeness (QED) is 0.302. The fraction of sp³-hybridized carbons (Fsp3) is 0.364. The van der Waals surface area contributed by atoms with Crippen LogP contribution >= 0.6 is 0 Å². The summed E-state index contributed by atoms with van der Waals surface area (Å²) in [6, 6.07) is 2.17. The SMILES string of the molecule is Cc1cc(O)c(C(c2cn([C@H]3C[C@H](O)[C@@H](CO)O3)c(=O)[nH]c2=O)c2c(O)cc(C)oc2=O)c(=O)o1. The molecule has 4 rings (SSSR count). The molecule has 0 aromatic carbocycles. The summed E-state index contributed by atoms with van der Waals surface area (Å²) in [6.45, 7) is 2.26. The number of H-pyrrole nitrogens is 1. The first-order valence-corrected chi connectivity index (χ1v) is 10.5. The molecule has 35 heavy (non-hydrogen) atoms. The summed E-state index contributed by atoms with van der Waals surface area (Å²) in [5.74, 6) is -2.91. The molecule has 0 bridgehead atoms. The lowest BCUT2D eigenvalue weighted by molar-refractivity contribution is -0.0460. The number of aliphatic hydroxyl groups excluding tert-OH is 2. The van der Waals surface area contributed by atoms with Crippen molar-refractivity contribution in [3.05, 3.63) is 88.2 Å². The van der Waals surface area contributed by atoms with Crippen LogP contribution in [0, 0.1) is 13.8 Å². The third-order valence-electron chi connectivity index (χ3n) is 5.76. The fourth-order valence-electron chi connectivity index (χ4n) is 4.17. The zero-order valence-corrected chi connectivity index (χ0v) is 18.5. The number of aliphatic hydroxyl groups is 2. The van der Waals surface area contributed by atoms with E-state index < -0.39 is 81.7 Å². The van der Waals surface area contributed by atoms with Crippen LogP contribution in [0.15, 0.2) is 46.3 Å². The Hall–Kier alpha value is -3.94. The molecule has 1 fully saturated rings. The minimum atomic E-state index is -1.72. The first-order valence-electron chi connectivity index (χ1n) is 10.5. The van der Waals surface area contributed by atoms with Gasteiger partial charge in [-0.25, -0.2) is 14.4 Å². The number of rotatable bonds is 5. The van der Waals surface area contributed by atoms with E-state index >= 15 is 0 Å². The van der Waals surface area contributed by atoms with Crippen molar-refractivity contribution in [1.29, 1.82) is 0 Å². The average Bonchev–Trinajstić information content (AvgIpc) is 3.12. The molecule has 186 valence electrons. The highest BCUT2D eigenvalue weighted by Gasteiger charge is 2.37. The number of aromatic hydroxyl groups is 2. The van der Waals surface area contributed by atoms with Crippen LogP contribution in [0.3, 0.4) is 0 Å². The second kappa shape index (κ2) is 9.02. The van der Waals surface area contributed by atoms with Crippen molar-refractivity contribution in [1.82, 2.24) is 9.55 Å². The Morgan fingerprint density at radius 3 is 2.03 bits per heavy atom. The van der Waals surface area contributed by atoms with Gasteiger partial charge in [-0.3, -0.25) is 14.3 Å². The lowest BCUT2D eigenvalue weighted by atomic mass is 9.87. The van der Waals surface area contributed by atoms with Gasteiger partial charge < -0.3 is 34.0 Å². The Morgan fingerprint density at radius 1 is 1.03 bits per heavy atom. The second-order valence-corrected chi connectivity index (χ2v) is 8.19. The molecular weight excluding hydrogens is 468 g/mol. The lowest BCUT2D eigenvalue weighted by Gasteiger charge is -2.20. The summed E-state index contributed by atoms with van der Waals surface area (Å²) < 4.78 is 16.5. The van der Waals surface area contributed by atoms with Gasteiger partial charge in [0.2, 0.25) is 0 Å². The smallest absolute Gasteiger partial charge is 0.343 e. The van der Waals surface area contributed by atoms with Gasteiger partial charge in [-0.2, -0.15) is 0 Å². The summed E-state index contributed by atoms with van der Waals surface area (Å²) in [7, 11) is 0. The zero-order valence-electron chi connectivity index (χ0n) is 18.5. The lowest BCUT2D eigenvalue weighted by Crippen LogP contribution is -2.36. The molecule has 4 heterocycles. The predicted molar refractivity (Wildman–Crippen MR) is 117 cm³/mol. The molecule has 0 saturated carbocycles. The van der Waals surface area contributed by atoms with Crippen molar-refractivity contribution < 1.29 is 34.0 Å². The minimum Gasteiger partial charge on any atom is -0.507 e. The van der Waals surface area contributed by atoms with Crippen LogP contribution in [0.4, 0.5) is 0 Å². The molecule has 5 N–H and O–H groups in total. The van der Waals surface area contributed by atoms with E-state index in [0.29, 0.717) is 0 Å². The van der Waals surface area contributed by atoms with Gasteiger partial charge in [0, 0.05) is 30.3 Å². The van der Waals surface area contributed by atoms with Crippen LogP contribution in [0.25, 0.3) is 0 Å². The van der Waals surface area contributed by atoms with Crippen LogP contribution < -0.4 is 22.5 Å². The molecule has 0 amide bonds. The van der Waals surface area contributed by atoms with E-state index in [9.17, 15) is 39.6 Å². The van der Waals surface area contributed by atoms with Crippen LogP contribution in [-0.4, -0.2) is 48.8 Å². The van der Waals surface area contributed by atoms with E-state index in [1.165, 1.54) is 13.8 Å². The molecule has 0 spiro atoms. The highest BCUT2D eigenvalue weighted by atomic mass is 16.5. The third kappa shape index (κ3) is 4.32. The van der Waals surface area contributed by atoms with E-state index in [4.69, 9.17) is 13.6 Å². The molecule has 1 aliphatic heterocycles. The maximum absolute atomic E-state index is 12.9. The number of aromatic amines is 1. The van der Waals surface area contributed by atoms with E-state index in [1.54, 1.807) is 0 Å². The standard InChI is InChI=1S/C22H22N2O11/c1-8-3-12(27)17(20(30)33-8)16(18-13(28)4-9(2)34-21(18)31)10-6-24(22(32)23-19(10)29)15-5-11(26)14(7-25)35-15/h3-4,6,11,14-16,25-28H,5,7H2,1-2H3,(H,23,29,32)/t11-,14+,15+/m0/s1. The zero-order chi connectivity index (χ0) is 25.6. The molecule has 13 heteroatoms. The molecule has 0 radical (unpaired) electrons. The Bertz CT molecular complexity index is 1450. The first-order chi connectivity index (χ1) is 16.5. The molecule has 1 saturated heterocycles. The van der Waals surface area contributed by atoms with Crippen molar-refractivity contribution in [2.75, 3.05) is 6.61 Å². The van der Waals surface area contributed by atoms with Crippen LogP contribution in [-0.2, 0) is 4.74 Å². The Kier molecular flexibility index (Phi) is 6.23. The number of aryl methyl sites for hydroxylation is 2. The molecule has 1 aliphatic rings. The predicted octanol–water partition coefficient (Wildman–Crippen LogP) is -0.708. The molecular formula is C22H22N2O11. The topological polar surface area (TPSA) is 205 Å². The molecule has 0 aliphatic carbocycles. The maximum atomic E-state index is 12.9. The fourth-order valence-corrected chi connectivity index (χ4v) is 4.17. The Labute approximate surface area is 195 Å². The molecule has 13 nitrogen and oxygen atoms in total. The summed E-state index contributed by atoms with van der Waals surface area (Å²) in [5.41, 5.74) is -5.69. The number of nitrogens with one attached hydrogen (secondary N) is 1. The normalized spacial score (nSPS) is 20.0. The number of hydrogen-bond donors (Lipinski definition) is 5. The van der Waals surface area contributed by atoms with Gasteiger partial charge in [0.15, 0.2) is 0 Å². The van der Waals surface area contributed by atoms with Gasteiger partial charge in [-0.1, -0.05) is 0 Å². The highest BCUT2D eigenvalue weighted by Crippen LogP contribution is 2.37. The molecule has 3 aromatic rings. The number of ether oxygens (including phenoxy) is 1. The van der Waals surface area contributed by atoms with Gasteiger partial charge in [-0.05, 0) is 13.8 Å². The minimum absolute atomic E-state index is 0.0393. The van der Waals surface area contributed by atoms with Gasteiger partial charge in [0.05, 0.1) is 29.8 Å².